The summed E-state index contributed by atoms with van der Waals surface area (Å²) in [5.41, 5.74) is 3.06. The number of amides is 2. The van der Waals surface area contributed by atoms with E-state index in [9.17, 15) is 9.59 Å². The van der Waals surface area contributed by atoms with E-state index in [4.69, 9.17) is 4.74 Å². The summed E-state index contributed by atoms with van der Waals surface area (Å²) in [7, 11) is 0. The van der Waals surface area contributed by atoms with Crippen LogP contribution >= 0.6 is 0 Å². The maximum atomic E-state index is 12.7. The molecule has 1 aromatic carbocycles. The molecule has 1 fully saturated rings. The molecule has 0 aliphatic carbocycles. The van der Waals surface area contributed by atoms with Crippen LogP contribution in [0.3, 0.4) is 0 Å². The van der Waals surface area contributed by atoms with E-state index < -0.39 is 0 Å². The van der Waals surface area contributed by atoms with Gasteiger partial charge in [0.1, 0.15) is 0 Å². The van der Waals surface area contributed by atoms with Gasteiger partial charge in [-0.3, -0.25) is 4.79 Å². The first-order valence-corrected chi connectivity index (χ1v) is 8.76. The third-order valence-corrected chi connectivity index (χ3v) is 4.49. The lowest BCUT2D eigenvalue weighted by molar-refractivity contribution is -0.149. The average Bonchev–Trinajstić information content (AvgIpc) is 2.56. The molecule has 1 N–H and O–H groups in total. The van der Waals surface area contributed by atoms with Crippen LogP contribution in [0.4, 0.5) is 10.5 Å². The molecular weight excluding hydrogens is 304 g/mol. The molecule has 5 nitrogen and oxygen atoms in total. The molecule has 2 amide bonds. The van der Waals surface area contributed by atoms with Gasteiger partial charge in [0.2, 0.25) is 0 Å². The van der Waals surface area contributed by atoms with E-state index in [1.807, 2.05) is 25.1 Å². The Bertz CT molecular complexity index is 598. The zero-order chi connectivity index (χ0) is 17.7. The van der Waals surface area contributed by atoms with Gasteiger partial charge in [-0.05, 0) is 43.7 Å². The van der Waals surface area contributed by atoms with Crippen molar-refractivity contribution in [3.05, 3.63) is 29.3 Å². The third kappa shape index (κ3) is 4.28. The van der Waals surface area contributed by atoms with E-state index >= 15 is 0 Å². The van der Waals surface area contributed by atoms with Gasteiger partial charge in [0, 0.05) is 18.8 Å². The van der Waals surface area contributed by atoms with Crippen LogP contribution in [0.15, 0.2) is 18.2 Å². The second-order valence-electron chi connectivity index (χ2n) is 6.66. The molecule has 0 radical (unpaired) electrons. The van der Waals surface area contributed by atoms with Gasteiger partial charge < -0.3 is 15.0 Å². The number of likely N-dealkylation sites (tertiary alicyclic amines) is 1. The van der Waals surface area contributed by atoms with Gasteiger partial charge in [-0.1, -0.05) is 32.0 Å². The number of para-hydroxylation sites is 1. The number of hydrogen-bond donors (Lipinski definition) is 1. The summed E-state index contributed by atoms with van der Waals surface area (Å²) < 4.78 is 5.10. The molecule has 1 aliphatic heterocycles. The van der Waals surface area contributed by atoms with Crippen LogP contribution in [0.2, 0.25) is 0 Å². The number of anilines is 1. The van der Waals surface area contributed by atoms with Crippen molar-refractivity contribution in [3.63, 3.8) is 0 Å². The Morgan fingerprint density at radius 2 is 2.12 bits per heavy atom. The van der Waals surface area contributed by atoms with E-state index in [0.717, 1.165) is 29.7 Å². The van der Waals surface area contributed by atoms with E-state index in [1.165, 1.54) is 0 Å². The second-order valence-corrected chi connectivity index (χ2v) is 6.66. The SMILES string of the molecule is CCOC(=O)C1CCCN(C(=O)Nc2c(C)cccc2C(C)C)C1. The van der Waals surface area contributed by atoms with Crippen LogP contribution in [0.25, 0.3) is 0 Å². The van der Waals surface area contributed by atoms with Gasteiger partial charge in [0.15, 0.2) is 0 Å². The standard InChI is InChI=1S/C19H28N2O3/c1-5-24-18(22)15-9-7-11-21(12-15)19(23)20-17-14(4)8-6-10-16(17)13(2)3/h6,8,10,13,15H,5,7,9,11-12H2,1-4H3,(H,20,23). The number of rotatable bonds is 4. The quantitative estimate of drug-likeness (QED) is 0.850. The van der Waals surface area contributed by atoms with E-state index in [-0.39, 0.29) is 17.9 Å². The minimum atomic E-state index is -0.217. The Morgan fingerprint density at radius 1 is 1.38 bits per heavy atom. The minimum Gasteiger partial charge on any atom is -0.466 e. The molecule has 1 aromatic rings. The second kappa shape index (κ2) is 8.18. The van der Waals surface area contributed by atoms with Gasteiger partial charge in [0.05, 0.1) is 12.5 Å². The number of ether oxygens (including phenoxy) is 1. The number of piperidine rings is 1. The number of benzene rings is 1. The summed E-state index contributed by atoms with van der Waals surface area (Å²) >= 11 is 0. The lowest BCUT2D eigenvalue weighted by atomic mass is 9.97. The molecule has 24 heavy (non-hydrogen) atoms. The first kappa shape index (κ1) is 18.3. The topological polar surface area (TPSA) is 58.6 Å². The summed E-state index contributed by atoms with van der Waals surface area (Å²) in [6.45, 7) is 9.50. The van der Waals surface area contributed by atoms with E-state index in [1.54, 1.807) is 11.8 Å². The molecule has 0 aromatic heterocycles. The number of aryl methyl sites for hydroxylation is 1. The highest BCUT2D eigenvalue weighted by Crippen LogP contribution is 2.28. The molecule has 1 unspecified atom stereocenters. The number of carbonyl (C=O) groups excluding carboxylic acids is 2. The van der Waals surface area contributed by atoms with Crippen LogP contribution in [0.1, 0.15) is 50.7 Å². The van der Waals surface area contributed by atoms with Crippen molar-refractivity contribution in [2.75, 3.05) is 25.0 Å². The van der Waals surface area contributed by atoms with E-state index in [0.29, 0.717) is 25.6 Å². The van der Waals surface area contributed by atoms with Crippen molar-refractivity contribution in [2.45, 2.75) is 46.5 Å². The van der Waals surface area contributed by atoms with Crippen molar-refractivity contribution >= 4 is 17.7 Å². The van der Waals surface area contributed by atoms with Crippen LogP contribution in [0.5, 0.6) is 0 Å². The smallest absolute Gasteiger partial charge is 0.321 e. The van der Waals surface area contributed by atoms with Crippen molar-refractivity contribution in [1.82, 2.24) is 4.90 Å². The van der Waals surface area contributed by atoms with Crippen molar-refractivity contribution in [3.8, 4) is 0 Å². The zero-order valence-electron chi connectivity index (χ0n) is 15.1. The van der Waals surface area contributed by atoms with E-state index in [2.05, 4.69) is 19.2 Å². The average molecular weight is 332 g/mol. The largest absolute Gasteiger partial charge is 0.466 e. The van der Waals surface area contributed by atoms with Crippen LogP contribution < -0.4 is 5.32 Å². The van der Waals surface area contributed by atoms with Crippen LogP contribution in [0, 0.1) is 12.8 Å². The third-order valence-electron chi connectivity index (χ3n) is 4.49. The Kier molecular flexibility index (Phi) is 6.23. The van der Waals surface area contributed by atoms with Crippen molar-refractivity contribution < 1.29 is 14.3 Å². The normalized spacial score (nSPS) is 17.7. The molecule has 1 heterocycles. The first-order valence-electron chi connectivity index (χ1n) is 8.76. The van der Waals surface area contributed by atoms with Crippen molar-refractivity contribution in [2.24, 2.45) is 5.92 Å². The highest BCUT2D eigenvalue weighted by atomic mass is 16.5. The Balaban J connectivity index is 2.09. The molecular formula is C19H28N2O3. The molecule has 0 spiro atoms. The fourth-order valence-corrected chi connectivity index (χ4v) is 3.14. The summed E-state index contributed by atoms with van der Waals surface area (Å²) in [6, 6.07) is 5.92. The molecule has 1 saturated heterocycles. The van der Waals surface area contributed by atoms with Gasteiger partial charge >= 0.3 is 12.0 Å². The lowest BCUT2D eigenvalue weighted by Crippen LogP contribution is -2.44. The summed E-state index contributed by atoms with van der Waals surface area (Å²) in [5, 5.41) is 3.06. The fourth-order valence-electron chi connectivity index (χ4n) is 3.14. The summed E-state index contributed by atoms with van der Waals surface area (Å²) in [5.74, 6) is -0.0894. The van der Waals surface area contributed by atoms with Crippen LogP contribution in [-0.4, -0.2) is 36.6 Å². The number of urea groups is 1. The van der Waals surface area contributed by atoms with Gasteiger partial charge in [-0.2, -0.15) is 0 Å². The maximum absolute atomic E-state index is 12.7. The van der Waals surface area contributed by atoms with Gasteiger partial charge in [0.25, 0.3) is 0 Å². The number of carbonyl (C=O) groups is 2. The molecule has 5 heteroatoms. The summed E-state index contributed by atoms with van der Waals surface area (Å²) in [6.07, 6.45) is 1.60. The molecule has 132 valence electrons. The lowest BCUT2D eigenvalue weighted by Gasteiger charge is -2.32. The summed E-state index contributed by atoms with van der Waals surface area (Å²) in [4.78, 5) is 26.3. The molecule has 1 atom stereocenters. The number of nitrogens with zero attached hydrogens (tertiary/aromatic N) is 1. The van der Waals surface area contributed by atoms with Gasteiger partial charge in [-0.25, -0.2) is 4.79 Å². The van der Waals surface area contributed by atoms with Gasteiger partial charge in [-0.15, -0.1) is 0 Å². The first-order chi connectivity index (χ1) is 11.4. The minimum absolute atomic E-state index is 0.139. The molecule has 0 bridgehead atoms. The maximum Gasteiger partial charge on any atom is 0.321 e. The fraction of sp³-hybridized carbons (Fsp3) is 0.579. The predicted molar refractivity (Wildman–Crippen MR) is 95.2 cm³/mol. The number of esters is 1. The predicted octanol–water partition coefficient (Wildman–Crippen LogP) is 3.93. The monoisotopic (exact) mass is 332 g/mol. The van der Waals surface area contributed by atoms with Crippen molar-refractivity contribution in [1.29, 1.82) is 0 Å². The number of hydrogen-bond acceptors (Lipinski definition) is 3. The molecule has 2 rings (SSSR count). The zero-order valence-corrected chi connectivity index (χ0v) is 15.1. The highest BCUT2D eigenvalue weighted by molar-refractivity contribution is 5.91. The Hall–Kier alpha value is -2.04. The highest BCUT2D eigenvalue weighted by Gasteiger charge is 2.29. The number of nitrogens with one attached hydrogen (secondary N) is 1. The molecule has 0 saturated carbocycles. The molecule has 1 aliphatic rings. The van der Waals surface area contributed by atoms with Crippen LogP contribution in [-0.2, 0) is 9.53 Å². The Morgan fingerprint density at radius 3 is 2.79 bits per heavy atom. The Labute approximate surface area is 144 Å².